The molecule has 2 heterocycles. The fourth-order valence-electron chi connectivity index (χ4n) is 3.80. The summed E-state index contributed by atoms with van der Waals surface area (Å²) in [5.74, 6) is -0.637. The van der Waals surface area contributed by atoms with E-state index in [9.17, 15) is 14.3 Å². The number of para-hydroxylation sites is 1. The molecule has 4 rings (SSSR count). The largest absolute Gasteiger partial charge is 0.489 e. The second-order valence-corrected chi connectivity index (χ2v) is 7.77. The van der Waals surface area contributed by atoms with Crippen LogP contribution in [0.15, 0.2) is 40.8 Å². The number of hydrogen-bond acceptors (Lipinski definition) is 6. The number of ether oxygens (including phenoxy) is 1. The zero-order chi connectivity index (χ0) is 21.8. The van der Waals surface area contributed by atoms with Gasteiger partial charge in [-0.25, -0.2) is 9.18 Å². The Morgan fingerprint density at radius 3 is 2.87 bits per heavy atom. The number of rotatable bonds is 8. The van der Waals surface area contributed by atoms with Gasteiger partial charge >= 0.3 is 5.97 Å². The third-order valence-corrected chi connectivity index (χ3v) is 5.62. The predicted octanol–water partition coefficient (Wildman–Crippen LogP) is 4.29. The first-order valence-electron chi connectivity index (χ1n) is 10.1. The molecule has 7 nitrogen and oxygen atoms in total. The summed E-state index contributed by atoms with van der Waals surface area (Å²) in [4.78, 5) is 18.2. The van der Waals surface area contributed by atoms with Gasteiger partial charge in [0.2, 0.25) is 0 Å². The van der Waals surface area contributed by atoms with Crippen LogP contribution in [0.5, 0.6) is 5.75 Å². The fraction of sp³-hybridized carbons (Fsp3) is 0.364. The molecule has 1 saturated heterocycles. The van der Waals surface area contributed by atoms with Gasteiger partial charge in [0.15, 0.2) is 5.58 Å². The lowest BCUT2D eigenvalue weighted by Gasteiger charge is -2.33. The Morgan fingerprint density at radius 1 is 1.32 bits per heavy atom. The maximum Gasteiger partial charge on any atom is 0.339 e. The first-order valence-corrected chi connectivity index (χ1v) is 10.5. The van der Waals surface area contributed by atoms with Gasteiger partial charge in [-0.3, -0.25) is 0 Å². The number of halogens is 2. The molecule has 2 N–H and O–H groups in total. The summed E-state index contributed by atoms with van der Waals surface area (Å²) in [7, 11) is 0. The Bertz CT molecular complexity index is 1070. The molecule has 0 radical (unpaired) electrons. The highest BCUT2D eigenvalue weighted by Crippen LogP contribution is 2.31. The molecule has 31 heavy (non-hydrogen) atoms. The Balaban J connectivity index is 1.69. The van der Waals surface area contributed by atoms with Gasteiger partial charge in [0.05, 0.1) is 5.02 Å². The second-order valence-electron chi connectivity index (χ2n) is 7.37. The number of piperidine rings is 1. The summed E-state index contributed by atoms with van der Waals surface area (Å²) >= 11 is 6.18. The summed E-state index contributed by atoms with van der Waals surface area (Å²) in [5, 5.41) is 13.2. The number of nitrogens with one attached hydrogen (secondary N) is 1. The Hall–Kier alpha value is -2.84. The van der Waals surface area contributed by atoms with Crippen molar-refractivity contribution in [1.29, 1.82) is 0 Å². The second kappa shape index (κ2) is 9.53. The average molecular weight is 448 g/mol. The van der Waals surface area contributed by atoms with Gasteiger partial charge < -0.3 is 24.5 Å². The number of alkyl halides is 1. The lowest BCUT2D eigenvalue weighted by atomic mass is 10.0. The van der Waals surface area contributed by atoms with E-state index in [2.05, 4.69) is 15.2 Å². The van der Waals surface area contributed by atoms with E-state index in [0.29, 0.717) is 28.8 Å². The van der Waals surface area contributed by atoms with Gasteiger partial charge in [-0.15, -0.1) is 0 Å². The molecule has 2 aromatic carbocycles. The number of oxazole rings is 1. The monoisotopic (exact) mass is 447 g/mol. The quantitative estimate of drug-likeness (QED) is 0.532. The molecule has 1 fully saturated rings. The maximum absolute atomic E-state index is 12.5. The number of aromatic nitrogens is 1. The van der Waals surface area contributed by atoms with Crippen molar-refractivity contribution in [3.8, 4) is 5.75 Å². The van der Waals surface area contributed by atoms with E-state index in [1.807, 2.05) is 6.07 Å². The highest BCUT2D eigenvalue weighted by atomic mass is 35.5. The number of carbonyl (C=O) groups is 1. The van der Waals surface area contributed by atoms with Crippen LogP contribution in [0.2, 0.25) is 5.02 Å². The Kier molecular flexibility index (Phi) is 6.58. The van der Waals surface area contributed by atoms with Gasteiger partial charge in [-0.2, -0.15) is 4.98 Å². The molecule has 0 spiro atoms. The Labute approximate surface area is 183 Å². The van der Waals surface area contributed by atoms with Gasteiger partial charge in [0, 0.05) is 12.6 Å². The molecule has 0 aliphatic carbocycles. The number of carboxylic acid groups (broad SMARTS) is 1. The summed E-state index contributed by atoms with van der Waals surface area (Å²) < 4.78 is 23.9. The van der Waals surface area contributed by atoms with Crippen molar-refractivity contribution in [2.45, 2.75) is 25.4 Å². The van der Waals surface area contributed by atoms with Crippen LogP contribution in [-0.4, -0.2) is 48.5 Å². The van der Waals surface area contributed by atoms with E-state index in [1.54, 1.807) is 24.3 Å². The van der Waals surface area contributed by atoms with Crippen LogP contribution in [0.1, 0.15) is 28.8 Å². The number of hydrogen-bond donors (Lipinski definition) is 2. The topological polar surface area (TPSA) is 87.8 Å². The van der Waals surface area contributed by atoms with Crippen LogP contribution in [0.3, 0.4) is 0 Å². The van der Waals surface area contributed by atoms with Crippen molar-refractivity contribution in [1.82, 2.24) is 10.3 Å². The lowest BCUT2D eigenvalue weighted by molar-refractivity contribution is 0.0698. The summed E-state index contributed by atoms with van der Waals surface area (Å²) in [6.07, 6.45) is 1.78. The number of nitrogens with zero attached hydrogens (tertiary/aromatic N) is 2. The van der Waals surface area contributed by atoms with E-state index in [0.717, 1.165) is 31.5 Å². The molecule has 0 bridgehead atoms. The predicted molar refractivity (Wildman–Crippen MR) is 116 cm³/mol. The molecule has 0 atom stereocenters. The number of carboxylic acids is 1. The van der Waals surface area contributed by atoms with Crippen LogP contribution in [-0.2, 0) is 6.54 Å². The van der Waals surface area contributed by atoms with Gasteiger partial charge in [-0.05, 0) is 55.8 Å². The molecule has 1 aliphatic heterocycles. The van der Waals surface area contributed by atoms with Gasteiger partial charge in [0.1, 0.15) is 30.1 Å². The van der Waals surface area contributed by atoms with Crippen LogP contribution >= 0.6 is 11.6 Å². The van der Waals surface area contributed by atoms with E-state index in [4.69, 9.17) is 20.8 Å². The first kappa shape index (κ1) is 21.4. The highest BCUT2D eigenvalue weighted by Gasteiger charge is 2.27. The molecule has 9 heteroatoms. The van der Waals surface area contributed by atoms with Crippen LogP contribution < -0.4 is 15.0 Å². The first-order chi connectivity index (χ1) is 15.1. The smallest absolute Gasteiger partial charge is 0.339 e. The SMILES string of the molecule is O=C(O)c1cccc2nc(N(Cc3ccc(Cl)c(OCCF)c3)C3CCNCC3)oc12. The number of aromatic carboxylic acids is 1. The molecule has 0 unspecified atom stereocenters. The normalized spacial score (nSPS) is 14.6. The van der Waals surface area contributed by atoms with Crippen molar-refractivity contribution in [2.24, 2.45) is 0 Å². The van der Waals surface area contributed by atoms with Crippen LogP contribution in [0.25, 0.3) is 11.1 Å². The lowest BCUT2D eigenvalue weighted by Crippen LogP contribution is -2.43. The summed E-state index contributed by atoms with van der Waals surface area (Å²) in [5.41, 5.74) is 1.73. The minimum absolute atomic E-state index is 0.0652. The van der Waals surface area contributed by atoms with Crippen molar-refractivity contribution < 1.29 is 23.4 Å². The molecule has 1 aliphatic rings. The fourth-order valence-corrected chi connectivity index (χ4v) is 3.97. The van der Waals surface area contributed by atoms with Gasteiger partial charge in [-0.1, -0.05) is 23.7 Å². The van der Waals surface area contributed by atoms with E-state index < -0.39 is 12.6 Å². The van der Waals surface area contributed by atoms with E-state index >= 15 is 0 Å². The molecule has 164 valence electrons. The average Bonchev–Trinajstić information content (AvgIpc) is 3.22. The zero-order valence-electron chi connectivity index (χ0n) is 16.8. The zero-order valence-corrected chi connectivity index (χ0v) is 17.6. The molecular formula is C22H23ClFN3O4. The maximum atomic E-state index is 12.5. The molecule has 3 aromatic rings. The molecule has 0 amide bonds. The van der Waals surface area contributed by atoms with Gasteiger partial charge in [0.25, 0.3) is 6.01 Å². The molecule has 1 aromatic heterocycles. The third kappa shape index (κ3) is 4.75. The highest BCUT2D eigenvalue weighted by molar-refractivity contribution is 6.32. The Morgan fingerprint density at radius 2 is 2.13 bits per heavy atom. The van der Waals surface area contributed by atoms with Crippen molar-refractivity contribution in [3.05, 3.63) is 52.5 Å². The summed E-state index contributed by atoms with van der Waals surface area (Å²) in [6, 6.07) is 10.8. The number of anilines is 1. The molecular weight excluding hydrogens is 425 g/mol. The van der Waals surface area contributed by atoms with Crippen molar-refractivity contribution >= 4 is 34.7 Å². The van der Waals surface area contributed by atoms with E-state index in [1.165, 1.54) is 6.07 Å². The van der Waals surface area contributed by atoms with E-state index in [-0.39, 0.29) is 23.8 Å². The summed E-state index contributed by atoms with van der Waals surface area (Å²) in [6.45, 7) is 1.53. The van der Waals surface area contributed by atoms with Crippen LogP contribution in [0, 0.1) is 0 Å². The van der Waals surface area contributed by atoms with Crippen molar-refractivity contribution in [2.75, 3.05) is 31.3 Å². The standard InChI is InChI=1S/C22H23ClFN3O4/c23-17-5-4-14(12-19(17)30-11-8-24)13-27(15-6-9-25-10-7-15)22-26-18-3-1-2-16(21(28)29)20(18)31-22/h1-5,12,15,25H,6-11,13H2,(H,28,29). The van der Waals surface area contributed by atoms with Crippen molar-refractivity contribution in [3.63, 3.8) is 0 Å². The molecule has 0 saturated carbocycles. The third-order valence-electron chi connectivity index (χ3n) is 5.31. The number of benzene rings is 2. The minimum Gasteiger partial charge on any atom is -0.489 e. The number of fused-ring (bicyclic) bond motifs is 1. The van der Waals surface area contributed by atoms with Crippen LogP contribution in [0.4, 0.5) is 10.4 Å². The minimum atomic E-state index is -1.06.